The molecule has 1 aromatic heterocycles. The summed E-state index contributed by atoms with van der Waals surface area (Å²) in [5.74, 6) is 0.637. The van der Waals surface area contributed by atoms with Crippen LogP contribution in [-0.2, 0) is 9.47 Å². The Morgan fingerprint density at radius 3 is 2.32 bits per heavy atom. The van der Waals surface area contributed by atoms with Gasteiger partial charge < -0.3 is 29.6 Å². The van der Waals surface area contributed by atoms with Crippen LogP contribution in [0.4, 0.5) is 11.6 Å². The van der Waals surface area contributed by atoms with Crippen molar-refractivity contribution in [2.24, 2.45) is 0 Å². The number of hydrogen-bond acceptors (Lipinski definition) is 9. The lowest BCUT2D eigenvalue weighted by Crippen LogP contribution is -2.14. The normalized spacial score (nSPS) is 10.6. The molecule has 0 bridgehead atoms. The molecular formula is C28H28N4O6. The highest BCUT2D eigenvalue weighted by molar-refractivity contribution is 6.06. The summed E-state index contributed by atoms with van der Waals surface area (Å²) in [7, 11) is 6.39. The van der Waals surface area contributed by atoms with E-state index in [4.69, 9.17) is 18.9 Å². The molecule has 0 fully saturated rings. The molecule has 0 aliphatic heterocycles. The van der Waals surface area contributed by atoms with Crippen molar-refractivity contribution in [2.45, 2.75) is 0 Å². The second-order valence-corrected chi connectivity index (χ2v) is 8.11. The molecule has 0 spiro atoms. The molecule has 4 aromatic rings. The van der Waals surface area contributed by atoms with Crippen molar-refractivity contribution in [1.82, 2.24) is 9.97 Å². The zero-order valence-electron chi connectivity index (χ0n) is 21.5. The molecule has 4 rings (SSSR count). The van der Waals surface area contributed by atoms with Gasteiger partial charge >= 0.3 is 5.97 Å². The van der Waals surface area contributed by atoms with E-state index >= 15 is 0 Å². The fourth-order valence-corrected chi connectivity index (χ4v) is 3.82. The van der Waals surface area contributed by atoms with E-state index < -0.39 is 5.97 Å². The van der Waals surface area contributed by atoms with Crippen molar-refractivity contribution in [1.29, 1.82) is 0 Å². The predicted octanol–water partition coefficient (Wildman–Crippen LogP) is 4.41. The number of aromatic nitrogens is 2. The predicted molar refractivity (Wildman–Crippen MR) is 144 cm³/mol. The van der Waals surface area contributed by atoms with Crippen LogP contribution in [0.2, 0.25) is 0 Å². The smallest absolute Gasteiger partial charge is 0.338 e. The zero-order chi connectivity index (χ0) is 27.1. The highest BCUT2D eigenvalue weighted by Gasteiger charge is 2.16. The summed E-state index contributed by atoms with van der Waals surface area (Å²) in [6.45, 7) is 0.421. The van der Waals surface area contributed by atoms with E-state index in [9.17, 15) is 9.59 Å². The summed E-state index contributed by atoms with van der Waals surface area (Å²) in [5, 5.41) is 6.63. The van der Waals surface area contributed by atoms with Crippen molar-refractivity contribution in [3.05, 3.63) is 71.8 Å². The Bertz CT molecular complexity index is 1470. The molecule has 3 aromatic carbocycles. The fraction of sp³-hybridized carbons (Fsp3) is 0.214. The number of hydrogen-bond donors (Lipinski definition) is 2. The molecule has 1 heterocycles. The Balaban J connectivity index is 1.64. The number of anilines is 2. The number of nitrogens with one attached hydrogen (secondary N) is 2. The van der Waals surface area contributed by atoms with E-state index in [0.717, 1.165) is 10.9 Å². The SMILES string of the molecule is CNc1nc(-c2cccc(NC(=O)c3cccc(C(=O)OCCOC)c3)c2)c2cc(OC)c(OC)cc2n1. The van der Waals surface area contributed by atoms with Gasteiger partial charge in [-0.3, -0.25) is 4.79 Å². The Kier molecular flexibility index (Phi) is 8.34. The number of carbonyl (C=O) groups is 2. The van der Waals surface area contributed by atoms with Gasteiger partial charge in [-0.05, 0) is 36.4 Å². The maximum Gasteiger partial charge on any atom is 0.338 e. The van der Waals surface area contributed by atoms with Crippen LogP contribution < -0.4 is 20.1 Å². The average molecular weight is 517 g/mol. The van der Waals surface area contributed by atoms with Crippen molar-refractivity contribution >= 4 is 34.4 Å². The Hall–Kier alpha value is -4.70. The molecule has 0 saturated carbocycles. The first-order valence-corrected chi connectivity index (χ1v) is 11.8. The maximum absolute atomic E-state index is 13.0. The number of carbonyl (C=O) groups excluding carboxylic acids is 2. The number of benzene rings is 3. The monoisotopic (exact) mass is 516 g/mol. The second-order valence-electron chi connectivity index (χ2n) is 8.11. The van der Waals surface area contributed by atoms with E-state index in [1.807, 2.05) is 24.3 Å². The van der Waals surface area contributed by atoms with Gasteiger partial charge in [-0.2, -0.15) is 0 Å². The summed E-state index contributed by atoms with van der Waals surface area (Å²) in [5.41, 5.74) is 3.23. The lowest BCUT2D eigenvalue weighted by atomic mass is 10.0. The summed E-state index contributed by atoms with van der Waals surface area (Å²) >= 11 is 0. The van der Waals surface area contributed by atoms with Crippen LogP contribution in [-0.4, -0.2) is 63.4 Å². The summed E-state index contributed by atoms with van der Waals surface area (Å²) < 4.78 is 20.9. The lowest BCUT2D eigenvalue weighted by Gasteiger charge is -2.13. The first-order chi connectivity index (χ1) is 18.5. The van der Waals surface area contributed by atoms with Crippen LogP contribution in [0.1, 0.15) is 20.7 Å². The number of rotatable bonds is 10. The van der Waals surface area contributed by atoms with Crippen molar-refractivity contribution < 1.29 is 28.5 Å². The number of methoxy groups -OCH3 is 3. The van der Waals surface area contributed by atoms with Crippen LogP contribution in [0, 0.1) is 0 Å². The first kappa shape index (κ1) is 26.4. The Morgan fingerprint density at radius 1 is 0.842 bits per heavy atom. The quantitative estimate of drug-likeness (QED) is 0.233. The third-order valence-electron chi connectivity index (χ3n) is 5.70. The van der Waals surface area contributed by atoms with E-state index in [1.54, 1.807) is 51.6 Å². The molecule has 2 N–H and O–H groups in total. The van der Waals surface area contributed by atoms with Crippen molar-refractivity contribution in [2.75, 3.05) is 52.2 Å². The van der Waals surface area contributed by atoms with Gasteiger partial charge in [0.15, 0.2) is 11.5 Å². The van der Waals surface area contributed by atoms with Gasteiger partial charge in [0.1, 0.15) is 6.61 Å². The standard InChI is InChI=1S/C28H28N4O6/c1-29-28-31-22-16-24(37-4)23(36-3)15-21(22)25(32-28)17-7-6-10-20(14-17)30-26(33)18-8-5-9-19(13-18)27(34)38-12-11-35-2/h5-10,13-16H,11-12H2,1-4H3,(H,30,33)(H,29,31,32). The van der Waals surface area contributed by atoms with Gasteiger partial charge in [-0.1, -0.05) is 18.2 Å². The molecule has 0 aliphatic carbocycles. The molecule has 1 amide bonds. The van der Waals surface area contributed by atoms with Crippen LogP contribution in [0.25, 0.3) is 22.2 Å². The van der Waals surface area contributed by atoms with Gasteiger partial charge in [0.05, 0.1) is 37.6 Å². The van der Waals surface area contributed by atoms with Gasteiger partial charge in [-0.15, -0.1) is 0 Å². The lowest BCUT2D eigenvalue weighted by molar-refractivity contribution is 0.0388. The minimum atomic E-state index is -0.526. The third kappa shape index (κ3) is 5.81. The molecular weight excluding hydrogens is 488 g/mol. The van der Waals surface area contributed by atoms with E-state index in [-0.39, 0.29) is 18.1 Å². The van der Waals surface area contributed by atoms with Gasteiger partial charge in [0.2, 0.25) is 5.95 Å². The Labute approximate surface area is 219 Å². The molecule has 196 valence electrons. The number of amides is 1. The average Bonchev–Trinajstić information content (AvgIpc) is 2.95. The second kappa shape index (κ2) is 12.0. The number of ether oxygens (including phenoxy) is 4. The van der Waals surface area contributed by atoms with Crippen LogP contribution in [0.5, 0.6) is 11.5 Å². The van der Waals surface area contributed by atoms with Crippen LogP contribution in [0.3, 0.4) is 0 Å². The topological polar surface area (TPSA) is 121 Å². The molecule has 0 atom stereocenters. The molecule has 0 saturated heterocycles. The highest BCUT2D eigenvalue weighted by atomic mass is 16.6. The van der Waals surface area contributed by atoms with Gasteiger partial charge in [-0.25, -0.2) is 14.8 Å². The van der Waals surface area contributed by atoms with Crippen molar-refractivity contribution in [3.8, 4) is 22.8 Å². The molecule has 38 heavy (non-hydrogen) atoms. The van der Waals surface area contributed by atoms with Crippen LogP contribution in [0.15, 0.2) is 60.7 Å². The molecule has 0 radical (unpaired) electrons. The zero-order valence-corrected chi connectivity index (χ0v) is 21.5. The van der Waals surface area contributed by atoms with E-state index in [2.05, 4.69) is 20.6 Å². The van der Waals surface area contributed by atoms with E-state index in [1.165, 1.54) is 13.2 Å². The molecule has 0 unspecified atom stereocenters. The summed E-state index contributed by atoms with van der Waals surface area (Å²) in [6.07, 6.45) is 0. The molecule has 10 nitrogen and oxygen atoms in total. The number of fused-ring (bicyclic) bond motifs is 1. The van der Waals surface area contributed by atoms with Crippen molar-refractivity contribution in [3.63, 3.8) is 0 Å². The molecule has 10 heteroatoms. The summed E-state index contributed by atoms with van der Waals surface area (Å²) in [6, 6.07) is 17.3. The van der Waals surface area contributed by atoms with Gasteiger partial charge in [0, 0.05) is 42.4 Å². The first-order valence-electron chi connectivity index (χ1n) is 11.8. The Morgan fingerprint density at radius 2 is 1.58 bits per heavy atom. The highest BCUT2D eigenvalue weighted by Crippen LogP contribution is 2.36. The third-order valence-corrected chi connectivity index (χ3v) is 5.70. The van der Waals surface area contributed by atoms with E-state index in [0.29, 0.717) is 46.5 Å². The molecule has 0 aliphatic rings. The minimum Gasteiger partial charge on any atom is -0.493 e. The number of esters is 1. The largest absolute Gasteiger partial charge is 0.493 e. The maximum atomic E-state index is 13.0. The fourth-order valence-electron chi connectivity index (χ4n) is 3.82. The minimum absolute atomic E-state index is 0.129. The summed E-state index contributed by atoms with van der Waals surface area (Å²) in [4.78, 5) is 34.5. The van der Waals surface area contributed by atoms with Crippen LogP contribution >= 0.6 is 0 Å². The van der Waals surface area contributed by atoms with Gasteiger partial charge in [0.25, 0.3) is 5.91 Å². The number of nitrogens with zero attached hydrogens (tertiary/aromatic N) is 2.